The third-order valence-electron chi connectivity index (χ3n) is 7.04. The Morgan fingerprint density at radius 2 is 1.65 bits per heavy atom. The molecule has 0 radical (unpaired) electrons. The number of benzene rings is 3. The lowest BCUT2D eigenvalue weighted by Gasteiger charge is -2.29. The summed E-state index contributed by atoms with van der Waals surface area (Å²) in [6, 6.07) is 17.7. The van der Waals surface area contributed by atoms with Crippen LogP contribution in [-0.2, 0) is 4.74 Å². The molecule has 1 fully saturated rings. The van der Waals surface area contributed by atoms with Crippen LogP contribution < -0.4 is 10.5 Å². The van der Waals surface area contributed by atoms with Crippen LogP contribution >= 0.6 is 0 Å². The zero-order valence-electron chi connectivity index (χ0n) is 20.1. The van der Waals surface area contributed by atoms with Crippen LogP contribution in [-0.4, -0.2) is 48.9 Å². The van der Waals surface area contributed by atoms with Crippen molar-refractivity contribution in [1.29, 1.82) is 0 Å². The zero-order chi connectivity index (χ0) is 25.5. The molecule has 2 aliphatic heterocycles. The Hall–Kier alpha value is -4.46. The highest BCUT2D eigenvalue weighted by Crippen LogP contribution is 2.37. The Labute approximate surface area is 212 Å². The fourth-order valence-corrected chi connectivity index (χ4v) is 5.24. The largest absolute Gasteiger partial charge is 0.462 e. The van der Waals surface area contributed by atoms with Gasteiger partial charge in [-0.15, -0.1) is 0 Å². The predicted octanol–water partition coefficient (Wildman–Crippen LogP) is 4.39. The summed E-state index contributed by atoms with van der Waals surface area (Å²) in [5, 5.41) is 2.23. The van der Waals surface area contributed by atoms with Crippen molar-refractivity contribution in [1.82, 2.24) is 4.90 Å². The van der Waals surface area contributed by atoms with Gasteiger partial charge in [0, 0.05) is 52.6 Å². The van der Waals surface area contributed by atoms with Gasteiger partial charge < -0.3 is 14.1 Å². The summed E-state index contributed by atoms with van der Waals surface area (Å²) in [4.78, 5) is 54.8. The third kappa shape index (κ3) is 3.94. The van der Waals surface area contributed by atoms with Crippen molar-refractivity contribution < 1.29 is 23.5 Å². The summed E-state index contributed by atoms with van der Waals surface area (Å²) < 4.78 is 10.5. The van der Waals surface area contributed by atoms with Crippen molar-refractivity contribution >= 4 is 45.2 Å². The molecule has 2 amide bonds. The molecule has 0 spiro atoms. The second kappa shape index (κ2) is 9.20. The molecule has 186 valence electrons. The van der Waals surface area contributed by atoms with Crippen molar-refractivity contribution in [2.75, 3.05) is 31.1 Å². The number of hydrogen-bond donors (Lipinski definition) is 0. The van der Waals surface area contributed by atoms with Crippen LogP contribution in [0.3, 0.4) is 0 Å². The number of fused-ring (bicyclic) bond motifs is 1. The lowest BCUT2D eigenvalue weighted by atomic mass is 9.92. The van der Waals surface area contributed by atoms with E-state index in [1.165, 1.54) is 11.0 Å². The van der Waals surface area contributed by atoms with Gasteiger partial charge in [0.2, 0.25) is 0 Å². The molecule has 8 nitrogen and oxygen atoms in total. The summed E-state index contributed by atoms with van der Waals surface area (Å²) in [7, 11) is 0. The van der Waals surface area contributed by atoms with E-state index in [0.29, 0.717) is 27.5 Å². The number of para-hydroxylation sites is 1. The number of nitrogens with zero attached hydrogens (tertiary/aromatic N) is 2. The number of anilines is 1. The third-order valence-corrected chi connectivity index (χ3v) is 7.04. The number of imide groups is 1. The van der Waals surface area contributed by atoms with Crippen LogP contribution in [0.25, 0.3) is 21.7 Å². The predicted molar refractivity (Wildman–Crippen MR) is 138 cm³/mol. The van der Waals surface area contributed by atoms with Gasteiger partial charge in [0.1, 0.15) is 11.1 Å². The molecule has 2 aliphatic rings. The lowest BCUT2D eigenvalue weighted by Crippen LogP contribution is -2.41. The molecule has 0 atom stereocenters. The van der Waals surface area contributed by atoms with Gasteiger partial charge in [0.25, 0.3) is 11.8 Å². The highest BCUT2D eigenvalue weighted by molar-refractivity contribution is 6.26. The van der Waals surface area contributed by atoms with E-state index in [-0.39, 0.29) is 37.0 Å². The van der Waals surface area contributed by atoms with Crippen LogP contribution in [0.1, 0.15) is 50.3 Å². The minimum Gasteiger partial charge on any atom is -0.462 e. The Balaban J connectivity index is 1.16. The van der Waals surface area contributed by atoms with Gasteiger partial charge >= 0.3 is 11.6 Å². The lowest BCUT2D eigenvalue weighted by molar-refractivity contribution is 0.0472. The monoisotopic (exact) mass is 496 g/mol. The van der Waals surface area contributed by atoms with Crippen LogP contribution in [0.15, 0.2) is 69.9 Å². The van der Waals surface area contributed by atoms with E-state index in [2.05, 4.69) is 4.90 Å². The smallest absolute Gasteiger partial charge is 0.351 e. The Kier molecular flexibility index (Phi) is 5.71. The zero-order valence-corrected chi connectivity index (χ0v) is 20.1. The van der Waals surface area contributed by atoms with Crippen molar-refractivity contribution in [2.24, 2.45) is 0 Å². The van der Waals surface area contributed by atoms with Crippen molar-refractivity contribution in [3.8, 4) is 0 Å². The van der Waals surface area contributed by atoms with Gasteiger partial charge in [0.15, 0.2) is 0 Å². The maximum atomic E-state index is 13.3. The quantitative estimate of drug-likeness (QED) is 0.169. The van der Waals surface area contributed by atoms with Gasteiger partial charge in [-0.05, 0) is 49.6 Å². The first kappa shape index (κ1) is 23.0. The molecule has 3 aromatic carbocycles. The van der Waals surface area contributed by atoms with Gasteiger partial charge in [0.05, 0.1) is 6.61 Å². The fraction of sp³-hybridized carbons (Fsp3) is 0.241. The topological polar surface area (TPSA) is 97.1 Å². The van der Waals surface area contributed by atoms with Crippen molar-refractivity contribution in [3.63, 3.8) is 0 Å². The molecule has 0 N–H and O–H groups in total. The Morgan fingerprint density at radius 1 is 0.892 bits per heavy atom. The number of esters is 1. The van der Waals surface area contributed by atoms with E-state index < -0.39 is 11.6 Å². The molecule has 37 heavy (non-hydrogen) atoms. The van der Waals surface area contributed by atoms with E-state index in [9.17, 15) is 19.2 Å². The van der Waals surface area contributed by atoms with Crippen molar-refractivity contribution in [2.45, 2.75) is 19.3 Å². The fourth-order valence-electron chi connectivity index (χ4n) is 5.24. The molecule has 1 aromatic heterocycles. The number of ether oxygens (including phenoxy) is 1. The molecule has 3 heterocycles. The Bertz CT molecular complexity index is 1610. The van der Waals surface area contributed by atoms with Gasteiger partial charge in [-0.25, -0.2) is 9.59 Å². The summed E-state index contributed by atoms with van der Waals surface area (Å²) >= 11 is 0. The summed E-state index contributed by atoms with van der Waals surface area (Å²) in [5.74, 6) is -1.52. The first-order valence-electron chi connectivity index (χ1n) is 12.4. The summed E-state index contributed by atoms with van der Waals surface area (Å²) in [6.45, 7) is 1.95. The van der Waals surface area contributed by atoms with E-state index >= 15 is 0 Å². The average Bonchev–Trinajstić information content (AvgIpc) is 3.45. The van der Waals surface area contributed by atoms with Gasteiger partial charge in [-0.3, -0.25) is 14.5 Å². The molecular formula is C29H24N2O6. The van der Waals surface area contributed by atoms with Crippen LogP contribution in [0.4, 0.5) is 5.69 Å². The van der Waals surface area contributed by atoms with E-state index in [1.54, 1.807) is 36.4 Å². The number of rotatable bonds is 6. The molecule has 0 aliphatic carbocycles. The normalized spacial score (nSPS) is 15.1. The molecule has 0 saturated carbocycles. The van der Waals surface area contributed by atoms with E-state index in [1.807, 2.05) is 18.2 Å². The maximum absolute atomic E-state index is 13.3. The van der Waals surface area contributed by atoms with Crippen molar-refractivity contribution in [3.05, 3.63) is 87.8 Å². The number of hydrogen-bond acceptors (Lipinski definition) is 7. The minimum atomic E-state index is -0.805. The highest BCUT2D eigenvalue weighted by atomic mass is 16.5. The van der Waals surface area contributed by atoms with Crippen LogP contribution in [0.2, 0.25) is 0 Å². The van der Waals surface area contributed by atoms with Crippen LogP contribution in [0.5, 0.6) is 0 Å². The average molecular weight is 497 g/mol. The maximum Gasteiger partial charge on any atom is 0.351 e. The first-order chi connectivity index (χ1) is 18.0. The Morgan fingerprint density at radius 3 is 2.46 bits per heavy atom. The van der Waals surface area contributed by atoms with Crippen LogP contribution in [0, 0.1) is 0 Å². The highest BCUT2D eigenvalue weighted by Gasteiger charge is 2.33. The van der Waals surface area contributed by atoms with Gasteiger partial charge in [-0.2, -0.15) is 0 Å². The summed E-state index contributed by atoms with van der Waals surface area (Å²) in [6.07, 6.45) is 2.50. The molecule has 6 rings (SSSR count). The van der Waals surface area contributed by atoms with E-state index in [0.717, 1.165) is 37.0 Å². The molecule has 1 saturated heterocycles. The molecule has 0 unspecified atom stereocenters. The second-order valence-corrected chi connectivity index (χ2v) is 9.29. The minimum absolute atomic E-state index is 0.0624. The molecular weight excluding hydrogens is 472 g/mol. The molecule has 0 bridgehead atoms. The number of carbonyl (C=O) groups is 3. The molecule has 8 heteroatoms. The standard InChI is InChI=1S/C29H24N2O6/c32-26-20-9-5-8-19-23(30-13-3-4-14-30)12-11-21(25(19)20)27(33)31(26)15-6-16-36-28(34)22-17-18-7-1-2-10-24(18)37-29(22)35/h1-2,5,7-12,17H,3-4,6,13-16H2. The summed E-state index contributed by atoms with van der Waals surface area (Å²) in [5.41, 5.74) is 1.46. The molecule has 4 aromatic rings. The van der Waals surface area contributed by atoms with Gasteiger partial charge in [-0.1, -0.05) is 30.3 Å². The number of amides is 2. The first-order valence-corrected chi connectivity index (χ1v) is 12.4. The SMILES string of the molecule is O=C(OCCCN1C(=O)c2cccc3c(N4CCCC4)ccc(c23)C1=O)c1cc2ccccc2oc1=O. The number of carbonyl (C=O) groups excluding carboxylic acids is 3. The second-order valence-electron chi connectivity index (χ2n) is 9.29. The van der Waals surface area contributed by atoms with E-state index in [4.69, 9.17) is 9.15 Å².